The zero-order valence-electron chi connectivity index (χ0n) is 10.8. The summed E-state index contributed by atoms with van der Waals surface area (Å²) < 4.78 is 0. The fourth-order valence-electron chi connectivity index (χ4n) is 1.73. The van der Waals surface area contributed by atoms with Crippen molar-refractivity contribution in [1.82, 2.24) is 0 Å². The van der Waals surface area contributed by atoms with Crippen molar-refractivity contribution in [3.63, 3.8) is 0 Å². The van der Waals surface area contributed by atoms with Crippen LogP contribution in [-0.4, -0.2) is 16.8 Å². The molecule has 98 valence electrons. The van der Waals surface area contributed by atoms with E-state index in [1.807, 2.05) is 32.9 Å². The van der Waals surface area contributed by atoms with E-state index in [0.717, 1.165) is 28.6 Å². The number of hydrogen-bond acceptors (Lipinski definition) is 4. The molecule has 1 aromatic rings. The highest BCUT2D eigenvalue weighted by atomic mass is 32.2. The molecule has 0 aliphatic rings. The van der Waals surface area contributed by atoms with Gasteiger partial charge in [0.05, 0.1) is 5.75 Å². The lowest BCUT2D eigenvalue weighted by atomic mass is 10.1. The molecule has 0 radical (unpaired) electrons. The molecule has 18 heavy (non-hydrogen) atoms. The highest BCUT2D eigenvalue weighted by Crippen LogP contribution is 2.22. The number of nitrogens with two attached hydrogens (primary N) is 2. The molecule has 0 aliphatic heterocycles. The average Bonchev–Trinajstić information content (AvgIpc) is 2.30. The number of rotatable bonds is 3. The third-order valence-electron chi connectivity index (χ3n) is 2.42. The summed E-state index contributed by atoms with van der Waals surface area (Å²) in [5.41, 5.74) is 9.53. The monoisotopic (exact) mass is 266 g/mol. The maximum atomic E-state index is 11.7. The Balaban J connectivity index is 2.71. The summed E-state index contributed by atoms with van der Waals surface area (Å²) in [7, 11) is 0. The topological polar surface area (TPSA) is 93.5 Å². The van der Waals surface area contributed by atoms with Crippen LogP contribution in [0.1, 0.15) is 16.7 Å². The number of amidine groups is 1. The molecule has 5 N–H and O–H groups in total. The van der Waals surface area contributed by atoms with Gasteiger partial charge < -0.3 is 16.9 Å². The first-order chi connectivity index (χ1) is 8.43. The van der Waals surface area contributed by atoms with E-state index in [-0.39, 0.29) is 16.8 Å². The molecule has 0 bridgehead atoms. The van der Waals surface area contributed by atoms with Gasteiger partial charge in [-0.25, -0.2) is 0 Å². The van der Waals surface area contributed by atoms with Gasteiger partial charge in [-0.15, -0.1) is 0 Å². The van der Waals surface area contributed by atoms with Crippen LogP contribution in [-0.2, 0) is 4.79 Å². The summed E-state index contributed by atoms with van der Waals surface area (Å²) in [5.74, 6) is 5.06. The molecule has 5 nitrogen and oxygen atoms in total. The Morgan fingerprint density at radius 2 is 1.89 bits per heavy atom. The number of anilines is 1. The largest absolute Gasteiger partial charge is 0.377 e. The molecule has 0 fully saturated rings. The van der Waals surface area contributed by atoms with E-state index in [2.05, 4.69) is 10.4 Å². The van der Waals surface area contributed by atoms with Gasteiger partial charge in [-0.05, 0) is 31.9 Å². The van der Waals surface area contributed by atoms with E-state index in [9.17, 15) is 4.79 Å². The molecule has 0 atom stereocenters. The molecular weight excluding hydrogens is 248 g/mol. The Kier molecular flexibility index (Phi) is 5.03. The summed E-state index contributed by atoms with van der Waals surface area (Å²) in [5, 5.41) is 6.36. The standard InChI is InChI=1S/C12H18N4OS/c1-7-4-8(2)11(9(3)5-7)15-10(17)6-18-12(13)16-14/h4-5H,6,14H2,1-3H3,(H2,13,16)(H,15,17). The average molecular weight is 266 g/mol. The van der Waals surface area contributed by atoms with Crippen molar-refractivity contribution in [2.45, 2.75) is 20.8 Å². The Morgan fingerprint density at radius 1 is 1.33 bits per heavy atom. The SMILES string of the molecule is Cc1cc(C)c(NC(=O)CSC(N)=NN)c(C)c1. The van der Waals surface area contributed by atoms with Gasteiger partial charge in [0.1, 0.15) is 0 Å². The molecule has 0 saturated heterocycles. The van der Waals surface area contributed by atoms with Gasteiger partial charge in [0.25, 0.3) is 0 Å². The zero-order chi connectivity index (χ0) is 13.7. The van der Waals surface area contributed by atoms with Crippen LogP contribution in [0.3, 0.4) is 0 Å². The highest BCUT2D eigenvalue weighted by Gasteiger charge is 2.09. The van der Waals surface area contributed by atoms with E-state index >= 15 is 0 Å². The Hall–Kier alpha value is -1.69. The van der Waals surface area contributed by atoms with Gasteiger partial charge in [-0.3, -0.25) is 4.79 Å². The number of thioether (sulfide) groups is 1. The third-order valence-corrected chi connectivity index (χ3v) is 3.23. The van der Waals surface area contributed by atoms with Crippen LogP contribution in [0.4, 0.5) is 5.69 Å². The quantitative estimate of drug-likeness (QED) is 0.334. The lowest BCUT2D eigenvalue weighted by molar-refractivity contribution is -0.113. The van der Waals surface area contributed by atoms with Crippen LogP contribution in [0.25, 0.3) is 0 Å². The number of carbonyl (C=O) groups is 1. The van der Waals surface area contributed by atoms with E-state index in [1.165, 1.54) is 5.56 Å². The first-order valence-corrected chi connectivity index (χ1v) is 6.46. The smallest absolute Gasteiger partial charge is 0.234 e. The maximum Gasteiger partial charge on any atom is 0.234 e. The van der Waals surface area contributed by atoms with E-state index in [1.54, 1.807) is 0 Å². The fraction of sp³-hybridized carbons (Fsp3) is 0.333. The lowest BCUT2D eigenvalue weighted by Gasteiger charge is -2.12. The van der Waals surface area contributed by atoms with Gasteiger partial charge in [-0.2, -0.15) is 5.10 Å². The minimum absolute atomic E-state index is 0.123. The van der Waals surface area contributed by atoms with Crippen molar-refractivity contribution in [3.8, 4) is 0 Å². The molecule has 6 heteroatoms. The van der Waals surface area contributed by atoms with Gasteiger partial charge in [0.15, 0.2) is 5.17 Å². The number of carbonyl (C=O) groups excluding carboxylic acids is 1. The minimum atomic E-state index is -0.123. The predicted octanol–water partition coefficient (Wildman–Crippen LogP) is 1.47. The molecule has 1 aromatic carbocycles. The van der Waals surface area contributed by atoms with Crippen LogP contribution < -0.4 is 16.9 Å². The lowest BCUT2D eigenvalue weighted by Crippen LogP contribution is -2.19. The zero-order valence-corrected chi connectivity index (χ0v) is 11.6. The predicted molar refractivity (Wildman–Crippen MR) is 77.6 cm³/mol. The minimum Gasteiger partial charge on any atom is -0.377 e. The van der Waals surface area contributed by atoms with E-state index < -0.39 is 0 Å². The Morgan fingerprint density at radius 3 is 2.39 bits per heavy atom. The van der Waals surface area contributed by atoms with Crippen LogP contribution >= 0.6 is 11.8 Å². The first-order valence-electron chi connectivity index (χ1n) is 5.48. The number of amides is 1. The van der Waals surface area contributed by atoms with E-state index in [0.29, 0.717) is 0 Å². The third kappa shape index (κ3) is 3.96. The molecule has 0 saturated carbocycles. The second kappa shape index (κ2) is 6.30. The van der Waals surface area contributed by atoms with E-state index in [4.69, 9.17) is 11.6 Å². The maximum absolute atomic E-state index is 11.7. The summed E-state index contributed by atoms with van der Waals surface area (Å²) >= 11 is 1.11. The number of nitrogens with zero attached hydrogens (tertiary/aromatic N) is 1. The number of benzene rings is 1. The number of hydrazone groups is 1. The summed E-state index contributed by atoms with van der Waals surface area (Å²) in [6, 6.07) is 4.07. The van der Waals surface area contributed by atoms with Crippen molar-refractivity contribution in [2.24, 2.45) is 16.7 Å². The summed E-state index contributed by atoms with van der Waals surface area (Å²) in [4.78, 5) is 11.7. The number of hydrogen-bond donors (Lipinski definition) is 3. The molecule has 0 heterocycles. The van der Waals surface area contributed by atoms with Gasteiger partial charge in [-0.1, -0.05) is 29.5 Å². The van der Waals surface area contributed by atoms with Crippen molar-refractivity contribution in [3.05, 3.63) is 28.8 Å². The molecule has 0 aliphatic carbocycles. The number of nitrogens with one attached hydrogen (secondary N) is 1. The van der Waals surface area contributed by atoms with Crippen molar-refractivity contribution < 1.29 is 4.79 Å². The van der Waals surface area contributed by atoms with Crippen LogP contribution in [0.2, 0.25) is 0 Å². The fourth-order valence-corrected chi connectivity index (χ4v) is 2.16. The molecule has 1 amide bonds. The second-order valence-corrected chi connectivity index (χ2v) is 5.07. The first kappa shape index (κ1) is 14.4. The van der Waals surface area contributed by atoms with Crippen LogP contribution in [0.5, 0.6) is 0 Å². The molecular formula is C12H18N4OS. The summed E-state index contributed by atoms with van der Waals surface area (Å²) in [6.45, 7) is 5.97. The normalized spacial score (nSPS) is 11.4. The molecule has 1 rings (SSSR count). The Labute approximate surface area is 111 Å². The van der Waals surface area contributed by atoms with Gasteiger partial charge in [0, 0.05) is 5.69 Å². The highest BCUT2D eigenvalue weighted by molar-refractivity contribution is 8.14. The molecule has 0 unspecified atom stereocenters. The van der Waals surface area contributed by atoms with Gasteiger partial charge in [0.2, 0.25) is 5.91 Å². The molecule has 0 spiro atoms. The Bertz CT molecular complexity index is 462. The van der Waals surface area contributed by atoms with Crippen molar-refractivity contribution in [1.29, 1.82) is 0 Å². The molecule has 0 aromatic heterocycles. The summed E-state index contributed by atoms with van der Waals surface area (Å²) in [6.07, 6.45) is 0. The second-order valence-electron chi connectivity index (χ2n) is 4.08. The van der Waals surface area contributed by atoms with Crippen molar-refractivity contribution in [2.75, 3.05) is 11.1 Å². The van der Waals surface area contributed by atoms with Crippen molar-refractivity contribution >= 4 is 28.5 Å². The van der Waals surface area contributed by atoms with Crippen LogP contribution in [0.15, 0.2) is 17.2 Å². The van der Waals surface area contributed by atoms with Crippen LogP contribution in [0, 0.1) is 20.8 Å². The van der Waals surface area contributed by atoms with Gasteiger partial charge >= 0.3 is 0 Å². The number of aryl methyl sites for hydroxylation is 3.